The average Bonchev–Trinajstić information content (AvgIpc) is 3.52. The fourth-order valence-corrected chi connectivity index (χ4v) is 5.53. The Balaban J connectivity index is 1.31. The smallest absolute Gasteiger partial charge is 0.407 e. The molecule has 0 aliphatic carbocycles. The van der Waals surface area contributed by atoms with E-state index in [2.05, 4.69) is 32.7 Å². The summed E-state index contributed by atoms with van der Waals surface area (Å²) in [6.07, 6.45) is 0.399. The molecule has 1 saturated heterocycles. The van der Waals surface area contributed by atoms with Crippen LogP contribution in [0.4, 0.5) is 9.18 Å². The van der Waals surface area contributed by atoms with E-state index in [-0.39, 0.29) is 23.7 Å². The number of ether oxygens (including phenoxy) is 1. The first kappa shape index (κ1) is 28.4. The quantitative estimate of drug-likeness (QED) is 0.244. The Morgan fingerprint density at radius 3 is 2.39 bits per heavy atom. The van der Waals surface area contributed by atoms with Crippen molar-refractivity contribution in [3.63, 3.8) is 0 Å². The second kappa shape index (κ2) is 12.1. The second-order valence-corrected chi connectivity index (χ2v) is 11.7. The summed E-state index contributed by atoms with van der Waals surface area (Å²) in [7, 11) is 0. The number of benzene rings is 3. The first-order chi connectivity index (χ1) is 19.7. The van der Waals surface area contributed by atoms with Crippen molar-refractivity contribution < 1.29 is 18.7 Å². The van der Waals surface area contributed by atoms with Gasteiger partial charge in [0, 0.05) is 48.7 Å². The zero-order chi connectivity index (χ0) is 29.0. The lowest BCUT2D eigenvalue weighted by atomic mass is 10.0. The van der Waals surface area contributed by atoms with E-state index in [9.17, 15) is 14.0 Å². The topological polar surface area (TPSA) is 86.5 Å². The molecule has 4 aromatic rings. The van der Waals surface area contributed by atoms with Crippen LogP contribution >= 0.6 is 0 Å². The lowest BCUT2D eigenvalue weighted by molar-refractivity contribution is 0.0519. The van der Waals surface area contributed by atoms with Gasteiger partial charge in [-0.05, 0) is 62.4 Å². The van der Waals surface area contributed by atoms with Crippen LogP contribution in [0, 0.1) is 11.7 Å². The molecule has 3 aromatic carbocycles. The van der Waals surface area contributed by atoms with E-state index in [1.54, 1.807) is 12.1 Å². The van der Waals surface area contributed by atoms with Gasteiger partial charge < -0.3 is 20.4 Å². The third kappa shape index (κ3) is 7.13. The molecule has 1 fully saturated rings. The van der Waals surface area contributed by atoms with Crippen LogP contribution in [0.15, 0.2) is 78.9 Å². The number of hydrogen-bond donors (Lipinski definition) is 3. The highest BCUT2D eigenvalue weighted by molar-refractivity contribution is 6.09. The number of H-pyrrole nitrogens is 1. The van der Waals surface area contributed by atoms with E-state index in [0.717, 1.165) is 41.5 Å². The van der Waals surface area contributed by atoms with Crippen molar-refractivity contribution in [3.05, 3.63) is 95.9 Å². The molecule has 3 N–H and O–H groups in total. The predicted molar refractivity (Wildman–Crippen MR) is 159 cm³/mol. The molecule has 0 saturated carbocycles. The SMILES string of the molecule is CC(C)(C)OC(=O)NC[C@@H]1C[C@@H](CNC(=O)c2[nH]c3ccccc3c2-c2ccc(F)cc2)N(Cc2ccccc2)C1. The summed E-state index contributed by atoms with van der Waals surface area (Å²) in [6.45, 7) is 8.02. The number of likely N-dealkylation sites (tertiary alicyclic amines) is 1. The van der Waals surface area contributed by atoms with Gasteiger partial charge in [0.05, 0.1) is 0 Å². The van der Waals surface area contributed by atoms with Crippen LogP contribution in [-0.2, 0) is 11.3 Å². The number of halogens is 1. The number of rotatable bonds is 8. The van der Waals surface area contributed by atoms with E-state index in [1.807, 2.05) is 63.2 Å². The Hall–Kier alpha value is -4.17. The maximum atomic E-state index is 13.7. The van der Waals surface area contributed by atoms with Gasteiger partial charge in [-0.2, -0.15) is 0 Å². The largest absolute Gasteiger partial charge is 0.444 e. The highest BCUT2D eigenvalue weighted by Crippen LogP contribution is 2.33. The van der Waals surface area contributed by atoms with E-state index in [1.165, 1.54) is 17.7 Å². The molecule has 0 unspecified atom stereocenters. The Morgan fingerprint density at radius 1 is 0.951 bits per heavy atom. The number of aromatic nitrogens is 1. The molecule has 0 radical (unpaired) electrons. The molecule has 0 bridgehead atoms. The minimum absolute atomic E-state index is 0.0863. The van der Waals surface area contributed by atoms with Gasteiger partial charge in [0.25, 0.3) is 5.91 Å². The molecule has 41 heavy (non-hydrogen) atoms. The van der Waals surface area contributed by atoms with E-state index in [4.69, 9.17) is 4.74 Å². The van der Waals surface area contributed by atoms with Gasteiger partial charge in [0.2, 0.25) is 0 Å². The van der Waals surface area contributed by atoms with Crippen molar-refractivity contribution in [2.45, 2.75) is 45.4 Å². The highest BCUT2D eigenvalue weighted by atomic mass is 19.1. The van der Waals surface area contributed by atoms with E-state index in [0.29, 0.717) is 18.8 Å². The van der Waals surface area contributed by atoms with E-state index < -0.39 is 11.7 Å². The molecule has 1 aliphatic heterocycles. The van der Waals surface area contributed by atoms with Gasteiger partial charge in [0.1, 0.15) is 17.1 Å². The Kier molecular flexibility index (Phi) is 8.40. The zero-order valence-corrected chi connectivity index (χ0v) is 23.7. The summed E-state index contributed by atoms with van der Waals surface area (Å²) in [6, 6.07) is 24.3. The lowest BCUT2D eigenvalue weighted by Gasteiger charge is -2.24. The van der Waals surface area contributed by atoms with Crippen molar-refractivity contribution in [1.29, 1.82) is 0 Å². The number of nitrogens with one attached hydrogen (secondary N) is 3. The summed E-state index contributed by atoms with van der Waals surface area (Å²) in [4.78, 5) is 31.5. The third-order valence-corrected chi connectivity index (χ3v) is 7.34. The number of aromatic amines is 1. The molecule has 7 nitrogen and oxygen atoms in total. The molecule has 1 aliphatic rings. The average molecular weight is 557 g/mol. The monoisotopic (exact) mass is 556 g/mol. The summed E-state index contributed by atoms with van der Waals surface area (Å²) in [5, 5.41) is 6.98. The fourth-order valence-electron chi connectivity index (χ4n) is 5.53. The Morgan fingerprint density at radius 2 is 1.66 bits per heavy atom. The summed E-state index contributed by atoms with van der Waals surface area (Å²) < 4.78 is 19.1. The molecular weight excluding hydrogens is 519 g/mol. The van der Waals surface area contributed by atoms with Crippen molar-refractivity contribution >= 4 is 22.9 Å². The number of carbonyl (C=O) groups excluding carboxylic acids is 2. The molecule has 1 aromatic heterocycles. The van der Waals surface area contributed by atoms with Gasteiger partial charge in [0.15, 0.2) is 0 Å². The summed E-state index contributed by atoms with van der Waals surface area (Å²) in [5.41, 5.74) is 3.46. The molecule has 2 atom stereocenters. The standard InChI is InChI=1S/C33H37FN4O3/c1-33(2,3)41-32(40)36-18-23-17-26(38(21-23)20-22-9-5-4-6-10-22)19-35-31(39)30-29(24-13-15-25(34)16-14-24)27-11-7-8-12-28(27)37-30/h4-16,23,26,37H,17-21H2,1-3H3,(H,35,39)(H,36,40)/t23-,26-/m0/s1. The number of nitrogens with zero attached hydrogens (tertiary/aromatic N) is 1. The molecule has 0 spiro atoms. The number of carbonyl (C=O) groups is 2. The molecule has 8 heteroatoms. The molecule has 5 rings (SSSR count). The lowest BCUT2D eigenvalue weighted by Crippen LogP contribution is -2.40. The minimum atomic E-state index is -0.554. The summed E-state index contributed by atoms with van der Waals surface area (Å²) >= 11 is 0. The normalized spacial score (nSPS) is 17.5. The van der Waals surface area contributed by atoms with Gasteiger partial charge in [-0.1, -0.05) is 60.7 Å². The van der Waals surface area contributed by atoms with Crippen LogP contribution in [0.2, 0.25) is 0 Å². The van der Waals surface area contributed by atoms with Crippen molar-refractivity contribution in [2.24, 2.45) is 5.92 Å². The number of fused-ring (bicyclic) bond motifs is 1. The van der Waals surface area contributed by atoms with Crippen LogP contribution in [0.1, 0.15) is 43.2 Å². The molecule has 2 amide bonds. The maximum absolute atomic E-state index is 13.7. The van der Waals surface area contributed by atoms with Gasteiger partial charge in [-0.3, -0.25) is 9.69 Å². The predicted octanol–water partition coefficient (Wildman–Crippen LogP) is 6.12. The first-order valence-corrected chi connectivity index (χ1v) is 14.1. The van der Waals surface area contributed by atoms with Crippen LogP contribution in [0.3, 0.4) is 0 Å². The number of amides is 2. The number of para-hydroxylation sites is 1. The van der Waals surface area contributed by atoms with Crippen molar-refractivity contribution in [2.75, 3.05) is 19.6 Å². The van der Waals surface area contributed by atoms with Gasteiger partial charge >= 0.3 is 6.09 Å². The second-order valence-electron chi connectivity index (χ2n) is 11.7. The fraction of sp³-hybridized carbons (Fsp3) is 0.333. The summed E-state index contributed by atoms with van der Waals surface area (Å²) in [5.74, 6) is -0.318. The maximum Gasteiger partial charge on any atom is 0.407 e. The molecular formula is C33H37FN4O3. The highest BCUT2D eigenvalue weighted by Gasteiger charge is 2.33. The third-order valence-electron chi connectivity index (χ3n) is 7.34. The van der Waals surface area contributed by atoms with Crippen molar-refractivity contribution in [3.8, 4) is 11.1 Å². The van der Waals surface area contributed by atoms with Crippen LogP contribution in [-0.4, -0.2) is 53.2 Å². The van der Waals surface area contributed by atoms with Gasteiger partial charge in [-0.15, -0.1) is 0 Å². The van der Waals surface area contributed by atoms with Crippen LogP contribution in [0.5, 0.6) is 0 Å². The number of alkyl carbamates (subject to hydrolysis) is 1. The Labute approximate surface area is 240 Å². The minimum Gasteiger partial charge on any atom is -0.444 e. The molecule has 2 heterocycles. The Bertz CT molecular complexity index is 1490. The van der Waals surface area contributed by atoms with Crippen LogP contribution in [0.25, 0.3) is 22.0 Å². The number of hydrogen-bond acceptors (Lipinski definition) is 4. The van der Waals surface area contributed by atoms with Crippen LogP contribution < -0.4 is 10.6 Å². The molecule has 214 valence electrons. The first-order valence-electron chi connectivity index (χ1n) is 14.1. The zero-order valence-electron chi connectivity index (χ0n) is 23.7. The van der Waals surface area contributed by atoms with Crippen molar-refractivity contribution in [1.82, 2.24) is 20.5 Å². The van der Waals surface area contributed by atoms with Gasteiger partial charge in [-0.25, -0.2) is 9.18 Å². The van der Waals surface area contributed by atoms with E-state index >= 15 is 0 Å².